The van der Waals surface area contributed by atoms with Crippen molar-refractivity contribution in [3.63, 3.8) is 0 Å². The molecule has 5 nitrogen and oxygen atoms in total. The number of benzene rings is 1. The van der Waals surface area contributed by atoms with Gasteiger partial charge in [-0.3, -0.25) is 9.59 Å². The van der Waals surface area contributed by atoms with Crippen LogP contribution in [0.5, 0.6) is 0 Å². The van der Waals surface area contributed by atoms with Gasteiger partial charge in [-0.2, -0.15) is 0 Å². The molecular formula is C16H22N2O3. The molecule has 1 aliphatic heterocycles. The first-order valence-electron chi connectivity index (χ1n) is 7.24. The van der Waals surface area contributed by atoms with E-state index < -0.39 is 11.9 Å². The third-order valence-electron chi connectivity index (χ3n) is 4.43. The molecule has 5 heteroatoms. The predicted octanol–water partition coefficient (Wildman–Crippen LogP) is 1.50. The molecule has 3 N–H and O–H groups in total. The average Bonchev–Trinajstić information content (AvgIpc) is 2.44. The fourth-order valence-corrected chi connectivity index (χ4v) is 2.62. The van der Waals surface area contributed by atoms with E-state index in [1.54, 1.807) is 11.8 Å². The van der Waals surface area contributed by atoms with Gasteiger partial charge in [-0.25, -0.2) is 0 Å². The van der Waals surface area contributed by atoms with Crippen molar-refractivity contribution >= 4 is 11.9 Å². The van der Waals surface area contributed by atoms with Crippen LogP contribution in [-0.4, -0.2) is 35.0 Å². The number of likely N-dealkylation sites (tertiary alicyclic amines) is 1. The Bertz CT molecular complexity index is 512. The molecule has 1 aliphatic rings. The van der Waals surface area contributed by atoms with Gasteiger partial charge in [0.1, 0.15) is 0 Å². The van der Waals surface area contributed by atoms with Crippen LogP contribution in [0.15, 0.2) is 30.3 Å². The smallest absolute Gasteiger partial charge is 0.306 e. The van der Waals surface area contributed by atoms with Crippen molar-refractivity contribution in [2.24, 2.45) is 23.5 Å². The van der Waals surface area contributed by atoms with Gasteiger partial charge in [0.05, 0.1) is 11.8 Å². The Kier molecular flexibility index (Phi) is 4.63. The lowest BCUT2D eigenvalue weighted by Gasteiger charge is -2.43. The summed E-state index contributed by atoms with van der Waals surface area (Å²) in [6.07, 6.45) is 0. The van der Waals surface area contributed by atoms with E-state index in [0.717, 1.165) is 5.56 Å². The second-order valence-corrected chi connectivity index (χ2v) is 5.86. The normalized spacial score (nSPS) is 19.5. The third-order valence-corrected chi connectivity index (χ3v) is 4.43. The van der Waals surface area contributed by atoms with Gasteiger partial charge in [0.15, 0.2) is 0 Å². The Balaban J connectivity index is 1.91. The zero-order chi connectivity index (χ0) is 15.6. The van der Waals surface area contributed by atoms with Crippen LogP contribution in [0, 0.1) is 17.8 Å². The molecule has 0 saturated carbocycles. The number of carbonyl (C=O) groups is 2. The number of carboxylic acids is 1. The van der Waals surface area contributed by atoms with Crippen molar-refractivity contribution in [1.29, 1.82) is 0 Å². The molecule has 0 aliphatic carbocycles. The molecular weight excluding hydrogens is 268 g/mol. The average molecular weight is 290 g/mol. The topological polar surface area (TPSA) is 83.6 Å². The van der Waals surface area contributed by atoms with E-state index in [9.17, 15) is 9.59 Å². The van der Waals surface area contributed by atoms with Crippen molar-refractivity contribution in [3.8, 4) is 0 Å². The lowest BCUT2D eigenvalue weighted by Crippen LogP contribution is -2.55. The van der Waals surface area contributed by atoms with Gasteiger partial charge in [-0.15, -0.1) is 0 Å². The number of amides is 1. The quantitative estimate of drug-likeness (QED) is 0.861. The highest BCUT2D eigenvalue weighted by atomic mass is 16.4. The van der Waals surface area contributed by atoms with Crippen LogP contribution < -0.4 is 5.73 Å². The van der Waals surface area contributed by atoms with E-state index >= 15 is 0 Å². The second kappa shape index (κ2) is 6.26. The van der Waals surface area contributed by atoms with E-state index in [2.05, 4.69) is 0 Å². The van der Waals surface area contributed by atoms with Crippen LogP contribution in [0.25, 0.3) is 0 Å². The van der Waals surface area contributed by atoms with Gasteiger partial charge in [0.25, 0.3) is 0 Å². The molecule has 0 spiro atoms. The van der Waals surface area contributed by atoms with Crippen LogP contribution in [0.4, 0.5) is 0 Å². The number of rotatable bonds is 5. The fourth-order valence-electron chi connectivity index (χ4n) is 2.62. The first-order valence-corrected chi connectivity index (χ1v) is 7.24. The summed E-state index contributed by atoms with van der Waals surface area (Å²) in [5.41, 5.74) is 7.10. The molecule has 3 unspecified atom stereocenters. The summed E-state index contributed by atoms with van der Waals surface area (Å²) < 4.78 is 0. The Morgan fingerprint density at radius 1 is 1.24 bits per heavy atom. The van der Waals surface area contributed by atoms with E-state index in [0.29, 0.717) is 13.1 Å². The van der Waals surface area contributed by atoms with Crippen LogP contribution in [0.3, 0.4) is 0 Å². The van der Waals surface area contributed by atoms with Gasteiger partial charge in [0.2, 0.25) is 5.91 Å². The largest absolute Gasteiger partial charge is 0.481 e. The minimum absolute atomic E-state index is 0.000178. The number of aliphatic carboxylic acids is 1. The summed E-state index contributed by atoms with van der Waals surface area (Å²) in [5.74, 6) is -1.48. The molecule has 1 fully saturated rings. The van der Waals surface area contributed by atoms with Crippen LogP contribution in [0.1, 0.15) is 25.5 Å². The van der Waals surface area contributed by atoms with Gasteiger partial charge >= 0.3 is 5.97 Å². The summed E-state index contributed by atoms with van der Waals surface area (Å²) in [6, 6.07) is 9.21. The van der Waals surface area contributed by atoms with Crippen LogP contribution >= 0.6 is 0 Å². The molecule has 1 aromatic rings. The molecule has 0 bridgehead atoms. The van der Waals surface area contributed by atoms with Gasteiger partial charge in [-0.05, 0) is 5.56 Å². The first kappa shape index (κ1) is 15.5. The lowest BCUT2D eigenvalue weighted by molar-refractivity contribution is -0.152. The van der Waals surface area contributed by atoms with Crippen LogP contribution in [-0.2, 0) is 9.59 Å². The number of nitrogens with two attached hydrogens (primary N) is 1. The van der Waals surface area contributed by atoms with E-state index in [4.69, 9.17) is 10.8 Å². The highest BCUT2D eigenvalue weighted by Crippen LogP contribution is 2.28. The number of carboxylic acid groups (broad SMARTS) is 1. The summed E-state index contributed by atoms with van der Waals surface area (Å²) in [4.78, 5) is 25.0. The Morgan fingerprint density at radius 2 is 1.81 bits per heavy atom. The maximum absolute atomic E-state index is 12.4. The summed E-state index contributed by atoms with van der Waals surface area (Å²) in [5, 5.41) is 8.96. The molecule has 1 saturated heterocycles. The molecule has 21 heavy (non-hydrogen) atoms. The molecule has 0 aromatic heterocycles. The molecule has 1 amide bonds. The number of nitrogens with zero attached hydrogens (tertiary/aromatic N) is 1. The maximum atomic E-state index is 12.4. The maximum Gasteiger partial charge on any atom is 0.306 e. The molecule has 114 valence electrons. The summed E-state index contributed by atoms with van der Waals surface area (Å²) in [7, 11) is 0. The minimum Gasteiger partial charge on any atom is -0.481 e. The van der Waals surface area contributed by atoms with Gasteiger partial charge in [0, 0.05) is 25.0 Å². The SMILES string of the molecule is CC(C(=O)O)C1CN(C(=O)C(C)C(N)c2ccccc2)C1. The number of carbonyl (C=O) groups excluding carboxylic acids is 1. The molecule has 2 rings (SSSR count). The van der Waals surface area contributed by atoms with Crippen molar-refractivity contribution < 1.29 is 14.7 Å². The molecule has 1 heterocycles. The summed E-state index contributed by atoms with van der Waals surface area (Å²) in [6.45, 7) is 4.54. The highest BCUT2D eigenvalue weighted by Gasteiger charge is 2.39. The third kappa shape index (κ3) is 3.24. The summed E-state index contributed by atoms with van der Waals surface area (Å²) >= 11 is 0. The zero-order valence-corrected chi connectivity index (χ0v) is 12.4. The van der Waals surface area contributed by atoms with Crippen molar-refractivity contribution in [2.75, 3.05) is 13.1 Å². The zero-order valence-electron chi connectivity index (χ0n) is 12.4. The standard InChI is InChI=1S/C16H22N2O3/c1-10(16(20)21)13-8-18(9-13)15(19)11(2)14(17)12-6-4-3-5-7-12/h3-7,10-11,13-14H,8-9,17H2,1-2H3,(H,20,21). The monoisotopic (exact) mass is 290 g/mol. The first-order chi connectivity index (χ1) is 9.91. The highest BCUT2D eigenvalue weighted by molar-refractivity contribution is 5.80. The lowest BCUT2D eigenvalue weighted by atomic mass is 9.85. The fraction of sp³-hybridized carbons (Fsp3) is 0.500. The van der Waals surface area contributed by atoms with Crippen molar-refractivity contribution in [1.82, 2.24) is 4.90 Å². The molecule has 1 aromatic carbocycles. The van der Waals surface area contributed by atoms with Crippen molar-refractivity contribution in [2.45, 2.75) is 19.9 Å². The Hall–Kier alpha value is -1.88. The minimum atomic E-state index is -0.805. The second-order valence-electron chi connectivity index (χ2n) is 5.86. The Labute approximate surface area is 124 Å². The van der Waals surface area contributed by atoms with Gasteiger partial charge in [-0.1, -0.05) is 44.2 Å². The van der Waals surface area contributed by atoms with E-state index in [1.165, 1.54) is 0 Å². The number of hydrogen-bond acceptors (Lipinski definition) is 3. The van der Waals surface area contributed by atoms with Crippen molar-refractivity contribution in [3.05, 3.63) is 35.9 Å². The predicted molar refractivity (Wildman–Crippen MR) is 79.4 cm³/mol. The van der Waals surface area contributed by atoms with E-state index in [-0.39, 0.29) is 23.8 Å². The Morgan fingerprint density at radius 3 is 2.33 bits per heavy atom. The molecule has 3 atom stereocenters. The van der Waals surface area contributed by atoms with Crippen LogP contribution in [0.2, 0.25) is 0 Å². The molecule has 0 radical (unpaired) electrons. The number of hydrogen-bond donors (Lipinski definition) is 2. The van der Waals surface area contributed by atoms with E-state index in [1.807, 2.05) is 37.3 Å². The van der Waals surface area contributed by atoms with Gasteiger partial charge < -0.3 is 15.7 Å².